The number of carbonyl (C=O) groups is 3. The van der Waals surface area contributed by atoms with Crippen molar-refractivity contribution in [2.45, 2.75) is 44.7 Å². The highest BCUT2D eigenvalue weighted by atomic mass is 16.5. The third-order valence-corrected chi connectivity index (χ3v) is 7.05. The Morgan fingerprint density at radius 3 is 2.26 bits per heavy atom. The molecular weight excluding hydrogens is 538 g/mol. The fraction of sp³-hybridized carbons (Fsp3) is 0.258. The zero-order valence-corrected chi connectivity index (χ0v) is 23.0. The molecule has 2 amide bonds. The van der Waals surface area contributed by atoms with E-state index in [2.05, 4.69) is 33.1 Å². The lowest BCUT2D eigenvalue weighted by Gasteiger charge is -2.25. The number of ether oxygens (including phenoxy) is 2. The first-order valence-corrected chi connectivity index (χ1v) is 13.5. The highest BCUT2D eigenvalue weighted by Crippen LogP contribution is 2.44. The second kappa shape index (κ2) is 13.1. The minimum absolute atomic E-state index is 0.0211. The summed E-state index contributed by atoms with van der Waals surface area (Å²) in [5.74, 6) is -1.71. The number of hydrogen-bond donors (Lipinski definition) is 3. The van der Waals surface area contributed by atoms with Crippen LogP contribution in [0.2, 0.25) is 0 Å². The molecule has 0 bridgehead atoms. The Kier molecular flexibility index (Phi) is 8.88. The molecule has 0 saturated heterocycles. The Labute approximate surface area is 242 Å². The highest BCUT2D eigenvalue weighted by Gasteiger charge is 2.31. The van der Waals surface area contributed by atoms with E-state index in [9.17, 15) is 14.4 Å². The quantitative estimate of drug-likeness (QED) is 0.235. The van der Waals surface area contributed by atoms with Gasteiger partial charge in [-0.3, -0.25) is 9.59 Å². The van der Waals surface area contributed by atoms with Gasteiger partial charge in [0.05, 0.1) is 25.5 Å². The Balaban J connectivity index is 1.24. The summed E-state index contributed by atoms with van der Waals surface area (Å²) in [5, 5.41) is 22.0. The molecule has 11 nitrogen and oxygen atoms in total. The van der Waals surface area contributed by atoms with Crippen LogP contribution in [-0.4, -0.2) is 56.8 Å². The van der Waals surface area contributed by atoms with Gasteiger partial charge in [-0.25, -0.2) is 9.48 Å². The summed E-state index contributed by atoms with van der Waals surface area (Å²) in [6.45, 7) is 1.66. The minimum atomic E-state index is -1.08. The van der Waals surface area contributed by atoms with Crippen LogP contribution in [0.15, 0.2) is 85.1 Å². The maximum Gasteiger partial charge on any atom is 0.407 e. The van der Waals surface area contributed by atoms with E-state index >= 15 is 0 Å². The number of benzene rings is 3. The average molecular weight is 570 g/mol. The van der Waals surface area contributed by atoms with Gasteiger partial charge in [0.25, 0.3) is 0 Å². The van der Waals surface area contributed by atoms with Crippen LogP contribution in [0, 0.1) is 0 Å². The van der Waals surface area contributed by atoms with Crippen molar-refractivity contribution in [3.8, 4) is 11.1 Å². The number of aromatic nitrogens is 3. The number of aliphatic carboxylic acids is 1. The Morgan fingerprint density at radius 1 is 0.952 bits per heavy atom. The molecule has 0 spiro atoms. The van der Waals surface area contributed by atoms with Crippen molar-refractivity contribution in [2.75, 3.05) is 6.61 Å². The largest absolute Gasteiger partial charge is 0.480 e. The maximum atomic E-state index is 13.3. The molecule has 1 aliphatic rings. The molecule has 0 fully saturated rings. The van der Waals surface area contributed by atoms with E-state index in [0.29, 0.717) is 5.69 Å². The van der Waals surface area contributed by atoms with Gasteiger partial charge >= 0.3 is 12.1 Å². The highest BCUT2D eigenvalue weighted by molar-refractivity contribution is 5.86. The lowest BCUT2D eigenvalue weighted by atomic mass is 9.98. The first-order chi connectivity index (χ1) is 20.4. The van der Waals surface area contributed by atoms with Crippen molar-refractivity contribution in [1.82, 2.24) is 25.6 Å². The third kappa shape index (κ3) is 6.81. The lowest BCUT2D eigenvalue weighted by molar-refractivity contribution is -0.138. The molecule has 216 valence electrons. The predicted molar refractivity (Wildman–Crippen MR) is 152 cm³/mol. The van der Waals surface area contributed by atoms with Crippen molar-refractivity contribution in [3.05, 3.63) is 107 Å². The van der Waals surface area contributed by atoms with E-state index in [1.54, 1.807) is 6.92 Å². The van der Waals surface area contributed by atoms with Crippen LogP contribution in [0.3, 0.4) is 0 Å². The van der Waals surface area contributed by atoms with Gasteiger partial charge in [0.1, 0.15) is 24.9 Å². The second-order valence-corrected chi connectivity index (χ2v) is 9.97. The van der Waals surface area contributed by atoms with Crippen LogP contribution in [0.5, 0.6) is 0 Å². The van der Waals surface area contributed by atoms with Gasteiger partial charge in [0.2, 0.25) is 5.91 Å². The fourth-order valence-electron chi connectivity index (χ4n) is 4.98. The Hall–Kier alpha value is -5.03. The monoisotopic (exact) mass is 569 g/mol. The van der Waals surface area contributed by atoms with Gasteiger partial charge in [-0.1, -0.05) is 84.1 Å². The van der Waals surface area contributed by atoms with Crippen molar-refractivity contribution in [1.29, 1.82) is 0 Å². The lowest BCUT2D eigenvalue weighted by Crippen LogP contribution is -2.53. The van der Waals surface area contributed by atoms with Crippen LogP contribution >= 0.6 is 0 Å². The molecule has 4 aromatic rings. The number of carboxylic acids is 1. The molecule has 11 heteroatoms. The van der Waals surface area contributed by atoms with Crippen LogP contribution < -0.4 is 10.6 Å². The number of fused-ring (bicyclic) bond motifs is 3. The molecule has 1 aromatic heterocycles. The van der Waals surface area contributed by atoms with Crippen LogP contribution in [-0.2, 0) is 38.8 Å². The normalized spacial score (nSPS) is 13.5. The molecule has 1 aliphatic carbocycles. The number of nitrogens with zero attached hydrogens (tertiary/aromatic N) is 3. The molecule has 5 rings (SSSR count). The standard InChI is InChI=1S/C31H31N5O6/c1-20(41-18-21-9-3-2-4-10-21)29(30(39)32-15-22-16-36(35-34-22)17-28(37)38)33-31(40)42-19-27-25-13-7-5-11-23(25)24-12-6-8-14-26(24)27/h2-14,16,20,27,29H,15,17-19H2,1H3,(H,32,39)(H,33,40)(H,37,38). The van der Waals surface area contributed by atoms with E-state index in [-0.39, 0.29) is 32.2 Å². The van der Waals surface area contributed by atoms with Crippen molar-refractivity contribution < 1.29 is 29.0 Å². The van der Waals surface area contributed by atoms with Gasteiger partial charge in [-0.15, -0.1) is 5.10 Å². The topological polar surface area (TPSA) is 145 Å². The summed E-state index contributed by atoms with van der Waals surface area (Å²) in [5.41, 5.74) is 5.67. The van der Waals surface area contributed by atoms with Gasteiger partial charge in [0, 0.05) is 5.92 Å². The smallest absolute Gasteiger partial charge is 0.407 e. The number of carboxylic acid groups (broad SMARTS) is 1. The summed E-state index contributed by atoms with van der Waals surface area (Å²) in [7, 11) is 0. The predicted octanol–water partition coefficient (Wildman–Crippen LogP) is 3.49. The maximum absolute atomic E-state index is 13.3. The van der Waals surface area contributed by atoms with E-state index < -0.39 is 30.1 Å². The number of carbonyl (C=O) groups excluding carboxylic acids is 2. The summed E-state index contributed by atoms with van der Waals surface area (Å²) in [4.78, 5) is 37.2. The summed E-state index contributed by atoms with van der Waals surface area (Å²) in [6.07, 6.45) is -0.0366. The van der Waals surface area contributed by atoms with Gasteiger partial charge < -0.3 is 25.2 Å². The van der Waals surface area contributed by atoms with E-state index in [1.807, 2.05) is 66.7 Å². The first kappa shape index (κ1) is 28.5. The SMILES string of the molecule is CC(OCc1ccccc1)C(NC(=O)OCC1c2ccccc2-c2ccccc21)C(=O)NCc1cn(CC(=O)O)nn1. The second-order valence-electron chi connectivity index (χ2n) is 9.97. The molecule has 0 radical (unpaired) electrons. The number of hydrogen-bond acceptors (Lipinski definition) is 7. The van der Waals surface area contributed by atoms with E-state index in [1.165, 1.54) is 6.20 Å². The molecule has 42 heavy (non-hydrogen) atoms. The van der Waals surface area contributed by atoms with Gasteiger partial charge in [0.15, 0.2) is 0 Å². The molecule has 2 atom stereocenters. The average Bonchev–Trinajstić information content (AvgIpc) is 3.58. The summed E-state index contributed by atoms with van der Waals surface area (Å²) < 4.78 is 12.8. The first-order valence-electron chi connectivity index (χ1n) is 13.5. The molecule has 3 N–H and O–H groups in total. The van der Waals surface area contributed by atoms with Gasteiger partial charge in [-0.2, -0.15) is 0 Å². The van der Waals surface area contributed by atoms with Crippen LogP contribution in [0.25, 0.3) is 11.1 Å². The molecule has 0 saturated carbocycles. The Morgan fingerprint density at radius 2 is 1.60 bits per heavy atom. The third-order valence-electron chi connectivity index (χ3n) is 7.05. The fourth-order valence-corrected chi connectivity index (χ4v) is 4.98. The molecule has 1 heterocycles. The number of alkyl carbamates (subject to hydrolysis) is 1. The molecular formula is C31H31N5O6. The van der Waals surface area contributed by atoms with Crippen molar-refractivity contribution in [3.63, 3.8) is 0 Å². The van der Waals surface area contributed by atoms with Crippen LogP contribution in [0.4, 0.5) is 4.79 Å². The summed E-state index contributed by atoms with van der Waals surface area (Å²) >= 11 is 0. The van der Waals surface area contributed by atoms with Gasteiger partial charge in [-0.05, 0) is 34.7 Å². The minimum Gasteiger partial charge on any atom is -0.480 e. The Bertz CT molecular complexity index is 1510. The molecule has 0 aliphatic heterocycles. The van der Waals surface area contributed by atoms with E-state index in [0.717, 1.165) is 32.5 Å². The summed E-state index contributed by atoms with van der Waals surface area (Å²) in [6, 6.07) is 24.5. The zero-order chi connectivity index (χ0) is 29.5. The molecule has 2 unspecified atom stereocenters. The zero-order valence-electron chi connectivity index (χ0n) is 23.0. The van der Waals surface area contributed by atoms with Crippen LogP contribution in [0.1, 0.15) is 35.2 Å². The van der Waals surface area contributed by atoms with Crippen molar-refractivity contribution >= 4 is 18.0 Å². The van der Waals surface area contributed by atoms with Crippen molar-refractivity contribution in [2.24, 2.45) is 0 Å². The number of amides is 2. The van der Waals surface area contributed by atoms with E-state index in [4.69, 9.17) is 14.6 Å². The number of rotatable bonds is 12. The molecule has 3 aromatic carbocycles. The number of nitrogens with one attached hydrogen (secondary N) is 2.